The maximum Gasteiger partial charge on any atom is 0.255 e. The largest absolute Gasteiger partial charge is 0.322 e. The molecule has 0 aliphatic heterocycles. The van der Waals surface area contributed by atoms with Gasteiger partial charge in [0.1, 0.15) is 16.0 Å². The number of aryl methyl sites for hydroxylation is 1. The van der Waals surface area contributed by atoms with Gasteiger partial charge in [0.25, 0.3) is 5.91 Å². The second-order valence-electron chi connectivity index (χ2n) is 6.07. The van der Waals surface area contributed by atoms with Gasteiger partial charge in [-0.05, 0) is 42.5 Å². The first kappa shape index (κ1) is 16.9. The van der Waals surface area contributed by atoms with E-state index in [4.69, 9.17) is 0 Å². The van der Waals surface area contributed by atoms with Gasteiger partial charge in [-0.3, -0.25) is 4.79 Å². The second kappa shape index (κ2) is 6.73. The Labute approximate surface area is 167 Å². The Kier molecular flexibility index (Phi) is 4.06. The van der Waals surface area contributed by atoms with Gasteiger partial charge < -0.3 is 5.32 Å². The smallest absolute Gasteiger partial charge is 0.255 e. The zero-order valence-corrected chi connectivity index (χ0v) is 16.3. The van der Waals surface area contributed by atoms with Crippen LogP contribution in [0.15, 0.2) is 42.5 Å². The lowest BCUT2D eigenvalue weighted by Gasteiger charge is -2.06. The zero-order valence-electron chi connectivity index (χ0n) is 14.7. The maximum atomic E-state index is 12.5. The van der Waals surface area contributed by atoms with Crippen molar-refractivity contribution in [3.05, 3.63) is 53.9 Å². The van der Waals surface area contributed by atoms with E-state index in [9.17, 15) is 4.79 Å². The summed E-state index contributed by atoms with van der Waals surface area (Å²) in [5, 5.41) is 16.6. The Morgan fingerprint density at radius 1 is 1.07 bits per heavy atom. The average Bonchev–Trinajstić information content (AvgIpc) is 3.43. The molecule has 5 rings (SSSR count). The standard InChI is InChI=1S/C18H13N7OS2/c1-2-15-20-21-18-25(15)22-17(27-18)10-3-6-12(7-4-10)19-16(26)11-5-8-13-14(9-11)24-28-23-13/h3-9H,2H2,1H3,(H,19,26). The molecule has 0 bridgehead atoms. The molecule has 8 nitrogen and oxygen atoms in total. The molecule has 28 heavy (non-hydrogen) atoms. The minimum absolute atomic E-state index is 0.186. The summed E-state index contributed by atoms with van der Waals surface area (Å²) in [4.78, 5) is 13.3. The van der Waals surface area contributed by atoms with Crippen molar-refractivity contribution in [1.29, 1.82) is 0 Å². The molecule has 0 fully saturated rings. The van der Waals surface area contributed by atoms with Crippen molar-refractivity contribution in [3.63, 3.8) is 0 Å². The molecule has 1 amide bonds. The van der Waals surface area contributed by atoms with Crippen LogP contribution in [0.1, 0.15) is 23.1 Å². The Balaban J connectivity index is 1.36. The Morgan fingerprint density at radius 3 is 2.71 bits per heavy atom. The van der Waals surface area contributed by atoms with E-state index in [1.54, 1.807) is 22.7 Å². The van der Waals surface area contributed by atoms with E-state index < -0.39 is 0 Å². The third kappa shape index (κ3) is 2.92. The molecule has 0 unspecified atom stereocenters. The van der Waals surface area contributed by atoms with Crippen LogP contribution < -0.4 is 5.32 Å². The van der Waals surface area contributed by atoms with E-state index in [-0.39, 0.29) is 5.91 Å². The summed E-state index contributed by atoms with van der Waals surface area (Å²) in [5.74, 6) is 0.655. The summed E-state index contributed by atoms with van der Waals surface area (Å²) in [6.45, 7) is 2.02. The van der Waals surface area contributed by atoms with Gasteiger partial charge in [0.05, 0.1) is 11.7 Å². The molecule has 0 aliphatic carbocycles. The van der Waals surface area contributed by atoms with Crippen molar-refractivity contribution in [3.8, 4) is 10.6 Å². The van der Waals surface area contributed by atoms with E-state index in [1.165, 1.54) is 11.3 Å². The molecule has 0 spiro atoms. The van der Waals surface area contributed by atoms with Crippen molar-refractivity contribution < 1.29 is 4.79 Å². The molecule has 0 atom stereocenters. The van der Waals surface area contributed by atoms with Crippen molar-refractivity contribution in [2.75, 3.05) is 5.32 Å². The number of anilines is 1. The molecule has 10 heteroatoms. The minimum Gasteiger partial charge on any atom is -0.322 e. The SMILES string of the molecule is CCc1nnc2sc(-c3ccc(NC(=O)c4ccc5nsnc5c4)cc3)nn12. The first-order valence-electron chi connectivity index (χ1n) is 8.56. The number of rotatable bonds is 4. The van der Waals surface area contributed by atoms with E-state index in [0.29, 0.717) is 11.3 Å². The molecule has 138 valence electrons. The number of benzene rings is 2. The summed E-state index contributed by atoms with van der Waals surface area (Å²) in [6.07, 6.45) is 0.776. The molecule has 0 saturated carbocycles. The van der Waals surface area contributed by atoms with Crippen LogP contribution in [0.4, 0.5) is 5.69 Å². The summed E-state index contributed by atoms with van der Waals surface area (Å²) in [7, 11) is 0. The molecular weight excluding hydrogens is 394 g/mol. The number of carbonyl (C=O) groups is 1. The minimum atomic E-state index is -0.186. The van der Waals surface area contributed by atoms with Crippen molar-refractivity contribution >= 4 is 50.7 Å². The van der Waals surface area contributed by atoms with Crippen LogP contribution in [0.5, 0.6) is 0 Å². The van der Waals surface area contributed by atoms with E-state index >= 15 is 0 Å². The molecule has 1 N–H and O–H groups in total. The maximum absolute atomic E-state index is 12.5. The normalized spacial score (nSPS) is 11.3. The van der Waals surface area contributed by atoms with Crippen molar-refractivity contribution in [1.82, 2.24) is 28.6 Å². The van der Waals surface area contributed by atoms with Crippen LogP contribution in [0, 0.1) is 0 Å². The lowest BCUT2D eigenvalue weighted by Crippen LogP contribution is -2.11. The van der Waals surface area contributed by atoms with E-state index in [2.05, 4.69) is 29.4 Å². The van der Waals surface area contributed by atoms with Gasteiger partial charge in [0.15, 0.2) is 5.82 Å². The van der Waals surface area contributed by atoms with Crippen LogP contribution in [0.25, 0.3) is 26.6 Å². The first-order chi connectivity index (χ1) is 13.7. The quantitative estimate of drug-likeness (QED) is 0.488. The molecule has 5 aromatic rings. The number of hydrogen-bond acceptors (Lipinski definition) is 8. The lowest BCUT2D eigenvalue weighted by molar-refractivity contribution is 0.102. The second-order valence-corrected chi connectivity index (χ2v) is 7.55. The number of aromatic nitrogens is 6. The molecule has 3 heterocycles. The highest BCUT2D eigenvalue weighted by atomic mass is 32.1. The molecule has 0 saturated heterocycles. The molecular formula is C18H13N7OS2. The van der Waals surface area contributed by atoms with Crippen LogP contribution >= 0.6 is 23.1 Å². The summed E-state index contributed by atoms with van der Waals surface area (Å²) >= 11 is 2.62. The predicted molar refractivity (Wildman–Crippen MR) is 109 cm³/mol. The van der Waals surface area contributed by atoms with Crippen molar-refractivity contribution in [2.24, 2.45) is 0 Å². The third-order valence-corrected chi connectivity index (χ3v) is 5.78. The third-order valence-electron chi connectivity index (χ3n) is 4.28. The number of nitrogens with one attached hydrogen (secondary N) is 1. The Morgan fingerprint density at radius 2 is 1.89 bits per heavy atom. The highest BCUT2D eigenvalue weighted by Gasteiger charge is 2.13. The van der Waals surface area contributed by atoms with Gasteiger partial charge in [0.2, 0.25) is 4.96 Å². The Hall–Kier alpha value is -3.24. The molecule has 0 aliphatic rings. The van der Waals surface area contributed by atoms with Crippen LogP contribution in [-0.2, 0) is 6.42 Å². The van der Waals surface area contributed by atoms with Gasteiger partial charge >= 0.3 is 0 Å². The molecule has 2 aromatic carbocycles. The van der Waals surface area contributed by atoms with Gasteiger partial charge in [-0.25, -0.2) is 0 Å². The van der Waals surface area contributed by atoms with Gasteiger partial charge in [-0.15, -0.1) is 10.2 Å². The fraction of sp³-hybridized carbons (Fsp3) is 0.111. The monoisotopic (exact) mass is 407 g/mol. The topological polar surface area (TPSA) is 98.0 Å². The first-order valence-corrected chi connectivity index (χ1v) is 10.1. The van der Waals surface area contributed by atoms with E-state index in [1.807, 2.05) is 31.2 Å². The summed E-state index contributed by atoms with van der Waals surface area (Å²) in [6, 6.07) is 12.9. The number of fused-ring (bicyclic) bond motifs is 2. The highest BCUT2D eigenvalue weighted by molar-refractivity contribution is 7.19. The number of amides is 1. The summed E-state index contributed by atoms with van der Waals surface area (Å²) < 4.78 is 10.1. The van der Waals surface area contributed by atoms with Crippen LogP contribution in [-0.4, -0.2) is 34.5 Å². The predicted octanol–water partition coefficient (Wildman–Crippen LogP) is 3.67. The van der Waals surface area contributed by atoms with Gasteiger partial charge in [-0.1, -0.05) is 18.3 Å². The average molecular weight is 407 g/mol. The molecule has 0 radical (unpaired) electrons. The van der Waals surface area contributed by atoms with E-state index in [0.717, 1.165) is 50.5 Å². The van der Waals surface area contributed by atoms with Gasteiger partial charge in [-0.2, -0.15) is 18.4 Å². The number of carbonyl (C=O) groups excluding carboxylic acids is 1. The van der Waals surface area contributed by atoms with Gasteiger partial charge in [0, 0.05) is 23.2 Å². The van der Waals surface area contributed by atoms with Crippen LogP contribution in [0.2, 0.25) is 0 Å². The lowest BCUT2D eigenvalue weighted by atomic mass is 10.1. The van der Waals surface area contributed by atoms with Crippen LogP contribution in [0.3, 0.4) is 0 Å². The summed E-state index contributed by atoms with van der Waals surface area (Å²) in [5.41, 5.74) is 3.74. The Bertz CT molecular complexity index is 1300. The fourth-order valence-electron chi connectivity index (χ4n) is 2.82. The molecule has 3 aromatic heterocycles. The fourth-order valence-corrected chi connectivity index (χ4v) is 4.20. The zero-order chi connectivity index (χ0) is 19.1. The highest BCUT2D eigenvalue weighted by Crippen LogP contribution is 2.27. The number of hydrogen-bond donors (Lipinski definition) is 1. The number of nitrogens with zero attached hydrogens (tertiary/aromatic N) is 6. The van der Waals surface area contributed by atoms with Crippen molar-refractivity contribution in [2.45, 2.75) is 13.3 Å².